The van der Waals surface area contributed by atoms with Crippen LogP contribution >= 0.6 is 0 Å². The number of nitrogens with zero attached hydrogens (tertiary/aromatic N) is 1. The van der Waals surface area contributed by atoms with Crippen LogP contribution < -0.4 is 21.3 Å². The molecule has 1 aromatic rings. The maximum absolute atomic E-state index is 13.7. The van der Waals surface area contributed by atoms with Crippen molar-refractivity contribution in [3.05, 3.63) is 35.9 Å². The molecule has 0 spiro atoms. The summed E-state index contributed by atoms with van der Waals surface area (Å²) in [5.74, 6) is -3.30. The average Bonchev–Trinajstić information content (AvgIpc) is 3.51. The van der Waals surface area contributed by atoms with Crippen molar-refractivity contribution < 1.29 is 33.5 Å². The first-order valence-corrected chi connectivity index (χ1v) is 16.6. The van der Waals surface area contributed by atoms with Gasteiger partial charge < -0.3 is 30.9 Å². The minimum Gasteiger partial charge on any atom is -0.460 e. The van der Waals surface area contributed by atoms with Crippen molar-refractivity contribution in [2.75, 3.05) is 13.1 Å². The minimum atomic E-state index is -1.10. The smallest absolute Gasteiger partial charge is 0.329 e. The number of carbonyl (C=O) groups is 6. The third-order valence-corrected chi connectivity index (χ3v) is 8.59. The molecule has 2 aliphatic rings. The van der Waals surface area contributed by atoms with Gasteiger partial charge in [0.15, 0.2) is 0 Å². The molecule has 3 rings (SSSR count). The number of carbonyl (C=O) groups excluding carboxylic acids is 6. The third kappa shape index (κ3) is 10.8. The van der Waals surface area contributed by atoms with Gasteiger partial charge in [0.1, 0.15) is 30.3 Å². The summed E-state index contributed by atoms with van der Waals surface area (Å²) < 4.78 is 5.95. The molecule has 6 atom stereocenters. The van der Waals surface area contributed by atoms with Gasteiger partial charge in [-0.25, -0.2) is 4.79 Å². The van der Waals surface area contributed by atoms with Crippen LogP contribution in [0.1, 0.15) is 85.1 Å². The van der Waals surface area contributed by atoms with Crippen molar-refractivity contribution in [1.82, 2.24) is 26.2 Å². The van der Waals surface area contributed by atoms with E-state index in [4.69, 9.17) is 4.74 Å². The summed E-state index contributed by atoms with van der Waals surface area (Å²) in [4.78, 5) is 81.6. The van der Waals surface area contributed by atoms with Gasteiger partial charge in [0.25, 0.3) is 0 Å². The highest BCUT2D eigenvalue weighted by Crippen LogP contribution is 2.21. The van der Waals surface area contributed by atoms with Crippen molar-refractivity contribution in [2.45, 2.75) is 116 Å². The number of ether oxygens (including phenoxy) is 1. The molecule has 0 saturated carbocycles. The fraction of sp³-hybridized carbons (Fsp3) is 0.647. The molecule has 2 heterocycles. The molecule has 0 aliphatic carbocycles. The Balaban J connectivity index is 1.94. The summed E-state index contributed by atoms with van der Waals surface area (Å²) in [6.07, 6.45) is 3.01. The zero-order valence-corrected chi connectivity index (χ0v) is 27.8. The minimum absolute atomic E-state index is 0.0380. The lowest BCUT2D eigenvalue weighted by Crippen LogP contribution is -2.57. The molecule has 2 aliphatic heterocycles. The molecule has 46 heavy (non-hydrogen) atoms. The first-order valence-electron chi connectivity index (χ1n) is 16.6. The van der Waals surface area contributed by atoms with E-state index in [1.165, 1.54) is 11.8 Å². The first-order chi connectivity index (χ1) is 21.9. The van der Waals surface area contributed by atoms with Crippen molar-refractivity contribution in [2.24, 2.45) is 11.8 Å². The molecule has 12 heteroatoms. The van der Waals surface area contributed by atoms with E-state index in [0.29, 0.717) is 32.2 Å². The lowest BCUT2D eigenvalue weighted by molar-refractivity contribution is -0.157. The second-order valence-corrected chi connectivity index (χ2v) is 13.0. The van der Waals surface area contributed by atoms with Gasteiger partial charge in [0, 0.05) is 13.0 Å². The van der Waals surface area contributed by atoms with Gasteiger partial charge in [-0.15, -0.1) is 0 Å². The Morgan fingerprint density at radius 3 is 2.28 bits per heavy atom. The van der Waals surface area contributed by atoms with Crippen LogP contribution in [0.25, 0.3) is 0 Å². The number of amides is 5. The molecular weight excluding hydrogens is 590 g/mol. The van der Waals surface area contributed by atoms with Crippen LogP contribution in [0.5, 0.6) is 0 Å². The molecule has 0 radical (unpaired) electrons. The van der Waals surface area contributed by atoms with Crippen molar-refractivity contribution in [1.29, 1.82) is 0 Å². The highest BCUT2D eigenvalue weighted by Gasteiger charge is 2.37. The van der Waals surface area contributed by atoms with Gasteiger partial charge in [0.05, 0.1) is 13.0 Å². The SMILES string of the molecule is CCCCC(C)C1CC(=O)NCC(=O)N2CCCC2C(=O)NC(CC(C)C)C(=O)NC(C)C(=O)NC(Cc2ccccc2)C(=O)O1. The summed E-state index contributed by atoms with van der Waals surface area (Å²) in [5, 5.41) is 10.9. The molecule has 5 amide bonds. The number of esters is 1. The van der Waals surface area contributed by atoms with E-state index in [-0.39, 0.29) is 31.2 Å². The predicted octanol–water partition coefficient (Wildman–Crippen LogP) is 2.00. The fourth-order valence-electron chi connectivity index (χ4n) is 5.86. The zero-order chi connectivity index (χ0) is 33.8. The Morgan fingerprint density at radius 2 is 1.61 bits per heavy atom. The Morgan fingerprint density at radius 1 is 0.913 bits per heavy atom. The number of cyclic esters (lactones) is 1. The summed E-state index contributed by atoms with van der Waals surface area (Å²) in [6.45, 7) is 9.32. The summed E-state index contributed by atoms with van der Waals surface area (Å²) in [7, 11) is 0. The van der Waals surface area contributed by atoms with Gasteiger partial charge in [-0.2, -0.15) is 0 Å². The Kier molecular flexibility index (Phi) is 14.0. The van der Waals surface area contributed by atoms with E-state index in [2.05, 4.69) is 21.3 Å². The standard InChI is InChI=1S/C34H51N5O7/c1-6-7-12-22(4)28-19-29(40)35-20-30(41)39-16-11-15-27(39)33(44)37-25(17-21(2)3)32(43)36-23(5)31(42)38-26(34(45)46-28)18-24-13-9-8-10-14-24/h8-10,13-14,21-23,25-28H,6-7,11-12,15-20H2,1-5H3,(H,35,40)(H,36,43)(H,37,44)(H,38,42). The van der Waals surface area contributed by atoms with E-state index in [9.17, 15) is 28.8 Å². The summed E-state index contributed by atoms with van der Waals surface area (Å²) in [5.41, 5.74) is 0.784. The van der Waals surface area contributed by atoms with Crippen LogP contribution in [-0.2, 0) is 39.9 Å². The molecule has 0 bridgehead atoms. The quantitative estimate of drug-likeness (QED) is 0.316. The molecular formula is C34H51N5O7. The van der Waals surface area contributed by atoms with E-state index in [0.717, 1.165) is 18.4 Å². The maximum atomic E-state index is 13.7. The second kappa shape index (κ2) is 17.7. The van der Waals surface area contributed by atoms with Gasteiger partial charge >= 0.3 is 5.97 Å². The summed E-state index contributed by atoms with van der Waals surface area (Å²) >= 11 is 0. The van der Waals surface area contributed by atoms with E-state index < -0.39 is 65.8 Å². The van der Waals surface area contributed by atoms with Crippen LogP contribution in [0.4, 0.5) is 0 Å². The monoisotopic (exact) mass is 641 g/mol. The van der Waals surface area contributed by atoms with E-state index >= 15 is 0 Å². The number of unbranched alkanes of at least 4 members (excludes halogenated alkanes) is 1. The van der Waals surface area contributed by atoms with Gasteiger partial charge in [-0.05, 0) is 50.0 Å². The van der Waals surface area contributed by atoms with Gasteiger partial charge in [0.2, 0.25) is 29.5 Å². The lowest BCUT2D eigenvalue weighted by Gasteiger charge is -2.28. The number of rotatable bonds is 8. The topological polar surface area (TPSA) is 163 Å². The summed E-state index contributed by atoms with van der Waals surface area (Å²) in [6, 6.07) is 5.28. The van der Waals surface area contributed by atoms with Crippen LogP contribution in [-0.4, -0.2) is 83.8 Å². The molecule has 1 aromatic carbocycles. The van der Waals surface area contributed by atoms with Crippen molar-refractivity contribution in [3.63, 3.8) is 0 Å². The highest BCUT2D eigenvalue weighted by atomic mass is 16.5. The second-order valence-electron chi connectivity index (χ2n) is 13.0. The van der Waals surface area contributed by atoms with E-state index in [1.54, 1.807) is 0 Å². The van der Waals surface area contributed by atoms with E-state index in [1.807, 2.05) is 58.0 Å². The Labute approximate surface area is 272 Å². The van der Waals surface area contributed by atoms with Crippen LogP contribution in [0.2, 0.25) is 0 Å². The molecule has 6 unspecified atom stereocenters. The first kappa shape index (κ1) is 36.5. The Hall–Kier alpha value is -3.96. The number of hydrogen-bond donors (Lipinski definition) is 4. The lowest BCUT2D eigenvalue weighted by atomic mass is 9.95. The predicted molar refractivity (Wildman–Crippen MR) is 172 cm³/mol. The number of nitrogens with one attached hydrogen (secondary N) is 4. The Bertz CT molecular complexity index is 1220. The highest BCUT2D eigenvalue weighted by molar-refractivity contribution is 5.95. The maximum Gasteiger partial charge on any atom is 0.329 e. The van der Waals surface area contributed by atoms with Gasteiger partial charge in [-0.1, -0.05) is 70.9 Å². The molecule has 4 N–H and O–H groups in total. The number of fused-ring (bicyclic) bond motifs is 1. The molecule has 12 nitrogen and oxygen atoms in total. The largest absolute Gasteiger partial charge is 0.460 e. The normalized spacial score (nSPS) is 26.5. The van der Waals surface area contributed by atoms with Crippen molar-refractivity contribution >= 4 is 35.5 Å². The van der Waals surface area contributed by atoms with Crippen molar-refractivity contribution in [3.8, 4) is 0 Å². The van der Waals surface area contributed by atoms with Gasteiger partial charge in [-0.3, -0.25) is 24.0 Å². The fourth-order valence-corrected chi connectivity index (χ4v) is 5.86. The average molecular weight is 642 g/mol. The molecule has 2 saturated heterocycles. The van der Waals surface area contributed by atoms with Crippen LogP contribution in [0.3, 0.4) is 0 Å². The molecule has 254 valence electrons. The zero-order valence-electron chi connectivity index (χ0n) is 27.8. The number of hydrogen-bond acceptors (Lipinski definition) is 7. The molecule has 0 aromatic heterocycles. The third-order valence-electron chi connectivity index (χ3n) is 8.59. The molecule has 2 fully saturated rings. The van der Waals surface area contributed by atoms with Crippen LogP contribution in [0.15, 0.2) is 30.3 Å². The van der Waals surface area contributed by atoms with Crippen LogP contribution in [0, 0.1) is 11.8 Å². The number of benzene rings is 1.